The smallest absolute Gasteiger partial charge is 0.170 e. The molecule has 1 heterocycles. The molecule has 0 aliphatic carbocycles. The third-order valence-corrected chi connectivity index (χ3v) is 4.02. The highest BCUT2D eigenvalue weighted by Gasteiger charge is 2.26. The zero-order valence-corrected chi connectivity index (χ0v) is 12.2. The van der Waals surface area contributed by atoms with Gasteiger partial charge < -0.3 is 21.0 Å². The predicted molar refractivity (Wildman–Crippen MR) is 78.8 cm³/mol. The van der Waals surface area contributed by atoms with E-state index >= 15 is 0 Å². The Balaban J connectivity index is 2.00. The molecule has 116 valence electrons. The van der Waals surface area contributed by atoms with E-state index in [4.69, 9.17) is 15.7 Å². The zero-order chi connectivity index (χ0) is 15.3. The molecule has 1 saturated heterocycles. The van der Waals surface area contributed by atoms with Crippen LogP contribution >= 0.6 is 0 Å². The summed E-state index contributed by atoms with van der Waals surface area (Å²) in [6.45, 7) is 5.22. The van der Waals surface area contributed by atoms with Crippen LogP contribution in [0.15, 0.2) is 23.4 Å². The van der Waals surface area contributed by atoms with Gasteiger partial charge in [-0.15, -0.1) is 0 Å². The fourth-order valence-corrected chi connectivity index (χ4v) is 2.54. The predicted octanol–water partition coefficient (Wildman–Crippen LogP) is 1.83. The normalized spacial score (nSPS) is 18.7. The molecule has 0 unspecified atom stereocenters. The van der Waals surface area contributed by atoms with Crippen LogP contribution in [0.1, 0.15) is 30.9 Å². The van der Waals surface area contributed by atoms with E-state index in [1.807, 2.05) is 0 Å². The molecular weight excluding hydrogens is 273 g/mol. The van der Waals surface area contributed by atoms with Gasteiger partial charge in [0.15, 0.2) is 5.84 Å². The molecule has 2 rings (SSSR count). The Bertz CT molecular complexity index is 514. The van der Waals surface area contributed by atoms with Gasteiger partial charge in [-0.1, -0.05) is 18.1 Å². The summed E-state index contributed by atoms with van der Waals surface area (Å²) in [6, 6.07) is 4.31. The average Bonchev–Trinajstić information content (AvgIpc) is 2.48. The molecule has 1 aliphatic rings. The summed E-state index contributed by atoms with van der Waals surface area (Å²) in [5.41, 5.74) is 7.04. The molecule has 6 heteroatoms. The highest BCUT2D eigenvalue weighted by atomic mass is 19.1. The van der Waals surface area contributed by atoms with Gasteiger partial charge in [0.1, 0.15) is 5.82 Å². The largest absolute Gasteiger partial charge is 0.409 e. The molecule has 1 aromatic carbocycles. The number of amidine groups is 1. The standard InChI is InChI=1S/C15H22FN3O2/c1-15(4-6-21-7-5-15)10-18-9-11-2-3-12(16)8-13(11)14(17)19-20/h2-3,8,18,20H,4-7,9-10H2,1H3,(H2,17,19). The van der Waals surface area contributed by atoms with Crippen LogP contribution in [0.5, 0.6) is 0 Å². The van der Waals surface area contributed by atoms with E-state index in [1.54, 1.807) is 6.07 Å². The van der Waals surface area contributed by atoms with Crippen LogP contribution in [0, 0.1) is 11.2 Å². The van der Waals surface area contributed by atoms with Gasteiger partial charge in [-0.3, -0.25) is 0 Å². The maximum Gasteiger partial charge on any atom is 0.170 e. The average molecular weight is 295 g/mol. The van der Waals surface area contributed by atoms with Crippen LogP contribution in [-0.4, -0.2) is 30.8 Å². The fourth-order valence-electron chi connectivity index (χ4n) is 2.54. The number of nitrogens with zero attached hydrogens (tertiary/aromatic N) is 1. The molecule has 1 fully saturated rings. The summed E-state index contributed by atoms with van der Waals surface area (Å²) >= 11 is 0. The van der Waals surface area contributed by atoms with Crippen molar-refractivity contribution >= 4 is 5.84 Å². The molecule has 0 radical (unpaired) electrons. The van der Waals surface area contributed by atoms with Crippen molar-refractivity contribution in [2.24, 2.45) is 16.3 Å². The van der Waals surface area contributed by atoms with Gasteiger partial charge in [-0.2, -0.15) is 0 Å². The third-order valence-electron chi connectivity index (χ3n) is 4.02. The van der Waals surface area contributed by atoms with E-state index in [0.717, 1.165) is 38.2 Å². The molecule has 0 spiro atoms. The Kier molecular flexibility index (Phi) is 5.14. The van der Waals surface area contributed by atoms with Crippen LogP contribution in [0.25, 0.3) is 0 Å². The number of hydrogen-bond acceptors (Lipinski definition) is 4. The SMILES string of the molecule is CC1(CNCc2ccc(F)cc2/C(N)=N/O)CCOCC1. The van der Waals surface area contributed by atoms with Crippen LogP contribution in [0.2, 0.25) is 0 Å². The number of halogens is 1. The summed E-state index contributed by atoms with van der Waals surface area (Å²) in [4.78, 5) is 0. The molecule has 4 N–H and O–H groups in total. The number of nitrogens with two attached hydrogens (primary N) is 1. The molecule has 5 nitrogen and oxygen atoms in total. The lowest BCUT2D eigenvalue weighted by Crippen LogP contribution is -2.36. The monoisotopic (exact) mass is 295 g/mol. The van der Waals surface area contributed by atoms with Gasteiger partial charge in [-0.25, -0.2) is 4.39 Å². The Morgan fingerprint density at radius 2 is 2.19 bits per heavy atom. The second kappa shape index (κ2) is 6.87. The molecule has 0 atom stereocenters. The Morgan fingerprint density at radius 3 is 2.86 bits per heavy atom. The minimum atomic E-state index is -0.406. The zero-order valence-electron chi connectivity index (χ0n) is 12.2. The van der Waals surface area contributed by atoms with Crippen LogP contribution in [0.3, 0.4) is 0 Å². The van der Waals surface area contributed by atoms with Crippen LogP contribution in [-0.2, 0) is 11.3 Å². The first-order chi connectivity index (χ1) is 10.0. The lowest BCUT2D eigenvalue weighted by atomic mass is 9.82. The second-order valence-electron chi connectivity index (χ2n) is 5.81. The van der Waals surface area contributed by atoms with Gasteiger partial charge in [-0.05, 0) is 36.0 Å². The number of oxime groups is 1. The van der Waals surface area contributed by atoms with Crippen molar-refractivity contribution in [2.75, 3.05) is 19.8 Å². The molecule has 1 aliphatic heterocycles. The summed E-state index contributed by atoms with van der Waals surface area (Å²) in [5.74, 6) is -0.486. The third kappa shape index (κ3) is 4.15. The quantitative estimate of drug-likeness (QED) is 0.335. The van der Waals surface area contributed by atoms with Gasteiger partial charge in [0, 0.05) is 31.9 Å². The first kappa shape index (κ1) is 15.7. The highest BCUT2D eigenvalue weighted by molar-refractivity contribution is 5.98. The minimum absolute atomic E-state index is 0.0800. The summed E-state index contributed by atoms with van der Waals surface area (Å²) in [5, 5.41) is 15.1. The summed E-state index contributed by atoms with van der Waals surface area (Å²) in [6.07, 6.45) is 2.05. The molecular formula is C15H22FN3O2. The van der Waals surface area contributed by atoms with Crippen molar-refractivity contribution in [1.82, 2.24) is 5.32 Å². The van der Waals surface area contributed by atoms with Crippen molar-refractivity contribution in [3.05, 3.63) is 35.1 Å². The summed E-state index contributed by atoms with van der Waals surface area (Å²) in [7, 11) is 0. The molecule has 0 amide bonds. The Morgan fingerprint density at radius 1 is 1.48 bits per heavy atom. The van der Waals surface area contributed by atoms with Crippen LogP contribution < -0.4 is 11.1 Å². The maximum absolute atomic E-state index is 13.3. The molecule has 21 heavy (non-hydrogen) atoms. The Labute approximate surface area is 124 Å². The van der Waals surface area contributed by atoms with Gasteiger partial charge in [0.05, 0.1) is 0 Å². The van der Waals surface area contributed by atoms with Crippen molar-refractivity contribution in [3.8, 4) is 0 Å². The fraction of sp³-hybridized carbons (Fsp3) is 0.533. The minimum Gasteiger partial charge on any atom is -0.409 e. The van der Waals surface area contributed by atoms with E-state index in [-0.39, 0.29) is 11.3 Å². The number of nitrogens with one attached hydrogen (secondary N) is 1. The summed E-state index contributed by atoms with van der Waals surface area (Å²) < 4.78 is 18.7. The van der Waals surface area contributed by atoms with Crippen molar-refractivity contribution in [2.45, 2.75) is 26.3 Å². The van der Waals surface area contributed by atoms with Crippen molar-refractivity contribution in [3.63, 3.8) is 0 Å². The van der Waals surface area contributed by atoms with Gasteiger partial charge in [0.25, 0.3) is 0 Å². The first-order valence-electron chi connectivity index (χ1n) is 7.09. The molecule has 0 saturated carbocycles. The van der Waals surface area contributed by atoms with Gasteiger partial charge in [0.2, 0.25) is 0 Å². The van der Waals surface area contributed by atoms with Crippen molar-refractivity contribution < 1.29 is 14.3 Å². The lowest BCUT2D eigenvalue weighted by molar-refractivity contribution is 0.0240. The van der Waals surface area contributed by atoms with E-state index in [2.05, 4.69) is 17.4 Å². The van der Waals surface area contributed by atoms with E-state index < -0.39 is 5.82 Å². The molecule has 0 aromatic heterocycles. The molecule has 1 aromatic rings. The maximum atomic E-state index is 13.3. The number of hydrogen-bond donors (Lipinski definition) is 3. The number of ether oxygens (including phenoxy) is 1. The van der Waals surface area contributed by atoms with E-state index in [1.165, 1.54) is 12.1 Å². The highest BCUT2D eigenvalue weighted by Crippen LogP contribution is 2.28. The van der Waals surface area contributed by atoms with Crippen molar-refractivity contribution in [1.29, 1.82) is 0 Å². The number of benzene rings is 1. The lowest BCUT2D eigenvalue weighted by Gasteiger charge is -2.33. The van der Waals surface area contributed by atoms with E-state index in [0.29, 0.717) is 12.1 Å². The van der Waals surface area contributed by atoms with Crippen LogP contribution in [0.4, 0.5) is 4.39 Å². The second-order valence-corrected chi connectivity index (χ2v) is 5.81. The molecule has 0 bridgehead atoms. The topological polar surface area (TPSA) is 79.9 Å². The van der Waals surface area contributed by atoms with Gasteiger partial charge >= 0.3 is 0 Å². The number of rotatable bonds is 5. The Hall–Kier alpha value is -1.66. The van der Waals surface area contributed by atoms with E-state index in [9.17, 15) is 4.39 Å². The first-order valence-corrected chi connectivity index (χ1v) is 7.09.